The molecule has 1 heterocycles. The quantitative estimate of drug-likeness (QED) is 0.237. The number of carboxylic acid groups (broad SMARTS) is 1. The zero-order chi connectivity index (χ0) is 22.8. The Balaban J connectivity index is 1.60. The third-order valence-corrected chi connectivity index (χ3v) is 4.81. The number of urea groups is 1. The number of benzene rings is 3. The van der Waals surface area contributed by atoms with Crippen LogP contribution in [0.15, 0.2) is 72.8 Å². The fourth-order valence-corrected chi connectivity index (χ4v) is 3.32. The lowest BCUT2D eigenvalue weighted by molar-refractivity contribution is 0.0696. The molecule has 0 saturated carbocycles. The molecule has 5 N–H and O–H groups in total. The number of rotatable bonds is 5. The number of fused-ring (bicyclic) bond motifs is 1. The number of aromatic hydroxyl groups is 1. The van der Waals surface area contributed by atoms with E-state index in [4.69, 9.17) is 5.11 Å². The number of carboxylic acids is 1. The minimum atomic E-state index is -1.12. The molecule has 1 aromatic heterocycles. The van der Waals surface area contributed by atoms with E-state index in [0.29, 0.717) is 15.7 Å². The van der Waals surface area contributed by atoms with Crippen molar-refractivity contribution in [1.82, 2.24) is 4.73 Å². The topological polar surface area (TPSA) is 141 Å². The maximum atomic E-state index is 12.8. The van der Waals surface area contributed by atoms with Gasteiger partial charge in [0.25, 0.3) is 0 Å². The Bertz CT molecular complexity index is 1360. The van der Waals surface area contributed by atoms with Gasteiger partial charge in [-0.1, -0.05) is 36.4 Å². The van der Waals surface area contributed by atoms with Crippen molar-refractivity contribution in [2.24, 2.45) is 0 Å². The maximum absolute atomic E-state index is 12.8. The van der Waals surface area contributed by atoms with Crippen LogP contribution in [0.1, 0.15) is 26.3 Å². The van der Waals surface area contributed by atoms with E-state index in [0.717, 1.165) is 0 Å². The van der Waals surface area contributed by atoms with Crippen molar-refractivity contribution in [3.05, 3.63) is 89.5 Å². The molecule has 160 valence electrons. The molecule has 0 saturated heterocycles. The lowest BCUT2D eigenvalue weighted by Crippen LogP contribution is -2.19. The molecule has 4 rings (SSSR count). The summed E-state index contributed by atoms with van der Waals surface area (Å²) in [6, 6.07) is 17.8. The maximum Gasteiger partial charge on any atom is 0.335 e. The van der Waals surface area contributed by atoms with E-state index < -0.39 is 23.7 Å². The molecule has 0 aliphatic heterocycles. The van der Waals surface area contributed by atoms with Gasteiger partial charge in [-0.15, -0.1) is 0 Å². The van der Waals surface area contributed by atoms with Gasteiger partial charge in [0, 0.05) is 22.3 Å². The van der Waals surface area contributed by atoms with Crippen LogP contribution in [0, 0.1) is 0 Å². The highest BCUT2D eigenvalue weighted by molar-refractivity contribution is 6.18. The van der Waals surface area contributed by atoms with E-state index in [-0.39, 0.29) is 28.0 Å². The predicted octanol–water partition coefficient (Wildman–Crippen LogP) is 4.16. The first kappa shape index (κ1) is 20.5. The van der Waals surface area contributed by atoms with Crippen LogP contribution in [0.3, 0.4) is 0 Å². The fourth-order valence-electron chi connectivity index (χ4n) is 3.32. The normalized spacial score (nSPS) is 10.6. The van der Waals surface area contributed by atoms with Crippen LogP contribution in [-0.4, -0.2) is 37.9 Å². The average Bonchev–Trinajstić information content (AvgIpc) is 3.03. The van der Waals surface area contributed by atoms with Gasteiger partial charge in [0.15, 0.2) is 5.78 Å². The highest BCUT2D eigenvalue weighted by Crippen LogP contribution is 2.33. The first-order valence-electron chi connectivity index (χ1n) is 9.43. The summed E-state index contributed by atoms with van der Waals surface area (Å²) in [5, 5.41) is 35.0. The molecule has 0 aliphatic carbocycles. The van der Waals surface area contributed by atoms with Crippen molar-refractivity contribution in [1.29, 1.82) is 0 Å². The van der Waals surface area contributed by atoms with Gasteiger partial charge in [0.1, 0.15) is 0 Å². The predicted molar refractivity (Wildman–Crippen MR) is 117 cm³/mol. The van der Waals surface area contributed by atoms with Crippen LogP contribution in [0.2, 0.25) is 0 Å². The summed E-state index contributed by atoms with van der Waals surface area (Å²) in [7, 11) is 0. The summed E-state index contributed by atoms with van der Waals surface area (Å²) in [4.78, 5) is 36.2. The molecule has 2 amide bonds. The number of hydrogen-bond acceptors (Lipinski definition) is 5. The number of anilines is 2. The summed E-state index contributed by atoms with van der Waals surface area (Å²) < 4.78 is 0.477. The number of nitrogens with zero attached hydrogens (tertiary/aromatic N) is 1. The Morgan fingerprint density at radius 2 is 1.44 bits per heavy atom. The third-order valence-electron chi connectivity index (χ3n) is 4.81. The second kappa shape index (κ2) is 8.15. The average molecular weight is 431 g/mol. The molecule has 3 aromatic carbocycles. The molecule has 0 atom stereocenters. The first-order chi connectivity index (χ1) is 15.3. The van der Waals surface area contributed by atoms with Gasteiger partial charge in [0.05, 0.1) is 16.6 Å². The summed E-state index contributed by atoms with van der Waals surface area (Å²) in [6.07, 6.45) is 0. The van der Waals surface area contributed by atoms with Gasteiger partial charge in [-0.25, -0.2) is 9.59 Å². The van der Waals surface area contributed by atoms with Crippen molar-refractivity contribution in [3.8, 4) is 5.88 Å². The number of nitrogens with one attached hydrogen (secondary N) is 2. The monoisotopic (exact) mass is 431 g/mol. The Labute approximate surface area is 181 Å². The number of ketones is 1. The number of hydrogen-bond donors (Lipinski definition) is 5. The molecule has 9 nitrogen and oxygen atoms in total. The molecule has 0 bridgehead atoms. The van der Waals surface area contributed by atoms with Gasteiger partial charge < -0.3 is 26.1 Å². The Morgan fingerprint density at radius 1 is 0.781 bits per heavy atom. The van der Waals surface area contributed by atoms with Gasteiger partial charge in [-0.3, -0.25) is 4.79 Å². The summed E-state index contributed by atoms with van der Waals surface area (Å²) >= 11 is 0. The Hall–Kier alpha value is -4.79. The minimum absolute atomic E-state index is 0.0217. The van der Waals surface area contributed by atoms with Crippen molar-refractivity contribution in [3.63, 3.8) is 0 Å². The van der Waals surface area contributed by atoms with Crippen LogP contribution in [-0.2, 0) is 0 Å². The molecular formula is C23H17N3O6. The number of carbonyl (C=O) groups is 3. The standard InChI is InChI=1S/C23H17N3O6/c27-20(13-5-2-1-3-6-13)19-17-10-9-16(12-18(17)26(32)21(19)28)25-23(31)24-15-8-4-7-14(11-15)22(29)30/h1-12,28,32H,(H,29,30)(H2,24,25,31). The molecular weight excluding hydrogens is 414 g/mol. The van der Waals surface area contributed by atoms with Gasteiger partial charge in [-0.2, -0.15) is 4.73 Å². The van der Waals surface area contributed by atoms with Crippen LogP contribution >= 0.6 is 0 Å². The zero-order valence-corrected chi connectivity index (χ0v) is 16.4. The van der Waals surface area contributed by atoms with Crippen molar-refractivity contribution < 1.29 is 29.8 Å². The Morgan fingerprint density at radius 3 is 2.12 bits per heavy atom. The minimum Gasteiger partial charge on any atom is -0.492 e. The van der Waals surface area contributed by atoms with Gasteiger partial charge >= 0.3 is 12.0 Å². The molecule has 0 spiro atoms. The number of aromatic carboxylic acids is 1. The zero-order valence-electron chi connectivity index (χ0n) is 16.4. The van der Waals surface area contributed by atoms with Crippen LogP contribution in [0.5, 0.6) is 5.88 Å². The van der Waals surface area contributed by atoms with Crippen molar-refractivity contribution in [2.75, 3.05) is 10.6 Å². The highest BCUT2D eigenvalue weighted by Gasteiger charge is 2.24. The molecule has 4 aromatic rings. The van der Waals surface area contributed by atoms with E-state index in [2.05, 4.69) is 10.6 Å². The number of amides is 2. The molecule has 0 radical (unpaired) electrons. The van der Waals surface area contributed by atoms with E-state index in [1.54, 1.807) is 30.3 Å². The largest absolute Gasteiger partial charge is 0.492 e. The van der Waals surface area contributed by atoms with Gasteiger partial charge in [0.2, 0.25) is 5.88 Å². The van der Waals surface area contributed by atoms with Gasteiger partial charge in [-0.05, 0) is 36.4 Å². The summed E-state index contributed by atoms with van der Waals surface area (Å²) in [5.41, 5.74) is 0.981. The molecule has 0 aliphatic rings. The second-order valence-corrected chi connectivity index (χ2v) is 6.90. The Kier molecular flexibility index (Phi) is 5.22. The van der Waals surface area contributed by atoms with Crippen molar-refractivity contribution >= 4 is 40.1 Å². The number of aromatic nitrogens is 1. The number of carbonyl (C=O) groups excluding carboxylic acids is 2. The SMILES string of the molecule is O=C(Nc1cccc(C(=O)O)c1)Nc1ccc2c(C(=O)c3ccccc3)c(O)n(O)c2c1. The lowest BCUT2D eigenvalue weighted by Gasteiger charge is -2.08. The summed E-state index contributed by atoms with van der Waals surface area (Å²) in [6.45, 7) is 0. The summed E-state index contributed by atoms with van der Waals surface area (Å²) in [5.74, 6) is -2.19. The molecule has 9 heteroatoms. The molecule has 32 heavy (non-hydrogen) atoms. The van der Waals surface area contributed by atoms with E-state index >= 15 is 0 Å². The van der Waals surface area contributed by atoms with Crippen LogP contribution < -0.4 is 10.6 Å². The third kappa shape index (κ3) is 3.82. The molecule has 0 unspecified atom stereocenters. The smallest absolute Gasteiger partial charge is 0.335 e. The van der Waals surface area contributed by atoms with Crippen LogP contribution in [0.25, 0.3) is 10.9 Å². The molecule has 0 fully saturated rings. The first-order valence-corrected chi connectivity index (χ1v) is 9.43. The van der Waals surface area contributed by atoms with E-state index in [9.17, 15) is 24.7 Å². The van der Waals surface area contributed by atoms with Crippen molar-refractivity contribution in [2.45, 2.75) is 0 Å². The fraction of sp³-hybridized carbons (Fsp3) is 0. The second-order valence-electron chi connectivity index (χ2n) is 6.90. The van der Waals surface area contributed by atoms with Crippen LogP contribution in [0.4, 0.5) is 16.2 Å². The lowest BCUT2D eigenvalue weighted by atomic mass is 10.0. The van der Waals surface area contributed by atoms with E-state index in [1.165, 1.54) is 42.5 Å². The van der Waals surface area contributed by atoms with E-state index in [1.807, 2.05) is 0 Å². The highest BCUT2D eigenvalue weighted by atomic mass is 16.5.